The number of benzene rings is 1. The molecule has 0 saturated carbocycles. The highest BCUT2D eigenvalue weighted by Crippen LogP contribution is 2.20. The molecule has 1 saturated heterocycles. The molecule has 0 unspecified atom stereocenters. The first-order chi connectivity index (χ1) is 12.3. The number of methoxy groups -OCH3 is 1. The van der Waals surface area contributed by atoms with Gasteiger partial charge in [-0.1, -0.05) is 18.2 Å². The fourth-order valence-electron chi connectivity index (χ4n) is 3.15. The molecule has 0 atom stereocenters. The van der Waals surface area contributed by atoms with Gasteiger partial charge in [-0.05, 0) is 49.4 Å². The van der Waals surface area contributed by atoms with Crippen LogP contribution in [0.1, 0.15) is 31.2 Å². The van der Waals surface area contributed by atoms with Crippen LogP contribution in [-0.4, -0.2) is 31.1 Å². The minimum atomic E-state index is -0.0153. The van der Waals surface area contributed by atoms with Crippen LogP contribution in [0.5, 0.6) is 5.75 Å². The van der Waals surface area contributed by atoms with E-state index in [1.165, 1.54) is 19.3 Å². The predicted octanol–water partition coefficient (Wildman–Crippen LogP) is 3.65. The van der Waals surface area contributed by atoms with Gasteiger partial charge < -0.3 is 15.0 Å². The summed E-state index contributed by atoms with van der Waals surface area (Å²) in [5.41, 5.74) is 1.78. The van der Waals surface area contributed by atoms with Crippen LogP contribution in [0.2, 0.25) is 0 Å². The zero-order chi connectivity index (χ0) is 17.5. The minimum Gasteiger partial charge on any atom is -0.496 e. The normalized spacial score (nSPS) is 14.2. The van der Waals surface area contributed by atoms with Gasteiger partial charge in [-0.15, -0.1) is 0 Å². The maximum atomic E-state index is 12.2. The van der Waals surface area contributed by atoms with Gasteiger partial charge in [0.25, 0.3) is 0 Å². The molecule has 2 aromatic rings. The smallest absolute Gasteiger partial charge is 0.224 e. The summed E-state index contributed by atoms with van der Waals surface area (Å²) >= 11 is 0. The van der Waals surface area contributed by atoms with E-state index in [0.717, 1.165) is 35.9 Å². The summed E-state index contributed by atoms with van der Waals surface area (Å²) in [5.74, 6) is 1.80. The first-order valence-corrected chi connectivity index (χ1v) is 8.89. The van der Waals surface area contributed by atoms with Crippen LogP contribution < -0.4 is 15.0 Å². The lowest BCUT2D eigenvalue weighted by Crippen LogP contribution is -2.30. The van der Waals surface area contributed by atoms with Crippen LogP contribution in [0.15, 0.2) is 42.6 Å². The zero-order valence-electron chi connectivity index (χ0n) is 14.7. The van der Waals surface area contributed by atoms with Crippen molar-refractivity contribution in [1.29, 1.82) is 0 Å². The predicted molar refractivity (Wildman–Crippen MR) is 100 cm³/mol. The second kappa shape index (κ2) is 8.51. The molecule has 25 heavy (non-hydrogen) atoms. The summed E-state index contributed by atoms with van der Waals surface area (Å²) in [6, 6.07) is 11.7. The number of amides is 1. The van der Waals surface area contributed by atoms with Crippen LogP contribution in [-0.2, 0) is 11.2 Å². The number of carbonyl (C=O) groups excluding carboxylic acids is 1. The zero-order valence-corrected chi connectivity index (χ0v) is 14.7. The third kappa shape index (κ3) is 4.72. The first kappa shape index (κ1) is 17.3. The van der Waals surface area contributed by atoms with E-state index in [4.69, 9.17) is 4.74 Å². The molecule has 1 aromatic heterocycles. The Hall–Kier alpha value is -2.56. The number of nitrogens with one attached hydrogen (secondary N) is 1. The van der Waals surface area contributed by atoms with Crippen molar-refractivity contribution >= 4 is 17.4 Å². The van der Waals surface area contributed by atoms with Gasteiger partial charge >= 0.3 is 0 Å². The Balaban J connectivity index is 1.52. The van der Waals surface area contributed by atoms with Crippen LogP contribution in [0.25, 0.3) is 0 Å². The van der Waals surface area contributed by atoms with Gasteiger partial charge in [0.1, 0.15) is 11.6 Å². The Labute approximate surface area is 149 Å². The monoisotopic (exact) mass is 339 g/mol. The highest BCUT2D eigenvalue weighted by molar-refractivity contribution is 5.90. The Morgan fingerprint density at radius 2 is 1.96 bits per heavy atom. The van der Waals surface area contributed by atoms with Crippen LogP contribution in [0.4, 0.5) is 11.5 Å². The number of para-hydroxylation sites is 1. The Bertz CT molecular complexity index is 694. The average molecular weight is 339 g/mol. The Morgan fingerprint density at radius 3 is 2.68 bits per heavy atom. The first-order valence-electron chi connectivity index (χ1n) is 8.89. The number of nitrogens with zero attached hydrogens (tertiary/aromatic N) is 2. The topological polar surface area (TPSA) is 54.5 Å². The van der Waals surface area contributed by atoms with Crippen molar-refractivity contribution in [3.05, 3.63) is 48.2 Å². The highest BCUT2D eigenvalue weighted by Gasteiger charge is 2.12. The largest absolute Gasteiger partial charge is 0.496 e. The summed E-state index contributed by atoms with van der Waals surface area (Å²) < 4.78 is 5.32. The van der Waals surface area contributed by atoms with E-state index in [2.05, 4.69) is 15.2 Å². The van der Waals surface area contributed by atoms with Crippen LogP contribution in [0, 0.1) is 0 Å². The fourth-order valence-corrected chi connectivity index (χ4v) is 3.15. The summed E-state index contributed by atoms with van der Waals surface area (Å²) in [6.45, 7) is 2.13. The Kier molecular flexibility index (Phi) is 5.88. The van der Waals surface area contributed by atoms with Gasteiger partial charge in [0.15, 0.2) is 0 Å². The molecule has 2 heterocycles. The number of hydrogen-bond acceptors (Lipinski definition) is 4. The average Bonchev–Trinajstić information content (AvgIpc) is 2.68. The number of pyridine rings is 1. The van der Waals surface area contributed by atoms with E-state index in [9.17, 15) is 4.79 Å². The number of anilines is 2. The molecule has 1 aliphatic rings. The molecule has 1 aromatic carbocycles. The summed E-state index contributed by atoms with van der Waals surface area (Å²) in [5, 5.41) is 2.92. The molecule has 1 N–H and O–H groups in total. The molecule has 3 rings (SSSR count). The number of hydrogen-bond donors (Lipinski definition) is 1. The van der Waals surface area contributed by atoms with E-state index in [-0.39, 0.29) is 5.91 Å². The van der Waals surface area contributed by atoms with Crippen molar-refractivity contribution in [2.75, 3.05) is 30.4 Å². The molecule has 1 aliphatic heterocycles. The third-order valence-electron chi connectivity index (χ3n) is 4.53. The molecule has 132 valence electrons. The number of carbonyl (C=O) groups is 1. The van der Waals surface area contributed by atoms with E-state index in [0.29, 0.717) is 12.8 Å². The molecular formula is C20H25N3O2. The lowest BCUT2D eigenvalue weighted by molar-refractivity contribution is -0.116. The van der Waals surface area contributed by atoms with Gasteiger partial charge in [0, 0.05) is 19.5 Å². The number of aromatic nitrogens is 1. The van der Waals surface area contributed by atoms with Gasteiger partial charge in [0.2, 0.25) is 5.91 Å². The fraction of sp³-hybridized carbons (Fsp3) is 0.400. The lowest BCUT2D eigenvalue weighted by atomic mass is 10.1. The van der Waals surface area contributed by atoms with Crippen molar-refractivity contribution in [2.24, 2.45) is 0 Å². The molecular weight excluding hydrogens is 314 g/mol. The highest BCUT2D eigenvalue weighted by atomic mass is 16.5. The maximum absolute atomic E-state index is 12.2. The van der Waals surface area contributed by atoms with Crippen LogP contribution >= 0.6 is 0 Å². The van der Waals surface area contributed by atoms with Crippen molar-refractivity contribution in [2.45, 2.75) is 32.1 Å². The molecule has 0 aliphatic carbocycles. The van der Waals surface area contributed by atoms with Gasteiger partial charge in [-0.25, -0.2) is 4.98 Å². The van der Waals surface area contributed by atoms with Crippen LogP contribution in [0.3, 0.4) is 0 Å². The second-order valence-electron chi connectivity index (χ2n) is 6.31. The van der Waals surface area contributed by atoms with Gasteiger partial charge in [-0.3, -0.25) is 4.79 Å². The molecule has 1 amide bonds. The van der Waals surface area contributed by atoms with Crippen molar-refractivity contribution in [3.63, 3.8) is 0 Å². The minimum absolute atomic E-state index is 0.0153. The number of aryl methyl sites for hydroxylation is 1. The molecule has 0 radical (unpaired) electrons. The lowest BCUT2D eigenvalue weighted by Gasteiger charge is -2.27. The Morgan fingerprint density at radius 1 is 1.16 bits per heavy atom. The van der Waals surface area contributed by atoms with Crippen molar-refractivity contribution in [1.82, 2.24) is 4.98 Å². The number of rotatable bonds is 6. The quantitative estimate of drug-likeness (QED) is 0.873. The number of piperidine rings is 1. The summed E-state index contributed by atoms with van der Waals surface area (Å²) in [6.07, 6.45) is 6.55. The van der Waals surface area contributed by atoms with Crippen molar-refractivity contribution in [3.8, 4) is 5.75 Å². The summed E-state index contributed by atoms with van der Waals surface area (Å²) in [7, 11) is 1.65. The molecule has 0 spiro atoms. The van der Waals surface area contributed by atoms with E-state index in [1.807, 2.05) is 36.4 Å². The molecule has 5 heteroatoms. The number of ether oxygens (including phenoxy) is 1. The van der Waals surface area contributed by atoms with Crippen molar-refractivity contribution < 1.29 is 9.53 Å². The van der Waals surface area contributed by atoms with Gasteiger partial charge in [-0.2, -0.15) is 0 Å². The molecule has 5 nitrogen and oxygen atoms in total. The molecule has 0 bridgehead atoms. The second-order valence-corrected chi connectivity index (χ2v) is 6.31. The third-order valence-corrected chi connectivity index (χ3v) is 4.53. The SMILES string of the molecule is COc1ccccc1CCC(=O)Nc1ccc(N2CCCCC2)nc1. The maximum Gasteiger partial charge on any atom is 0.224 e. The summed E-state index contributed by atoms with van der Waals surface area (Å²) in [4.78, 5) is 19.0. The van der Waals surface area contributed by atoms with E-state index >= 15 is 0 Å². The van der Waals surface area contributed by atoms with Gasteiger partial charge in [0.05, 0.1) is 19.0 Å². The van der Waals surface area contributed by atoms with E-state index in [1.54, 1.807) is 13.3 Å². The standard InChI is InChI=1S/C20H25N3O2/c1-25-18-8-4-3-7-16(18)9-12-20(24)22-17-10-11-19(21-15-17)23-13-5-2-6-14-23/h3-4,7-8,10-11,15H,2,5-6,9,12-14H2,1H3,(H,22,24). The van der Waals surface area contributed by atoms with E-state index < -0.39 is 0 Å². The molecule has 1 fully saturated rings.